The van der Waals surface area contributed by atoms with Crippen molar-refractivity contribution < 1.29 is 4.74 Å². The van der Waals surface area contributed by atoms with E-state index in [1.54, 1.807) is 28.9 Å². The summed E-state index contributed by atoms with van der Waals surface area (Å²) in [7, 11) is 0. The standard InChI is InChI=1S/C24H25N5OS.C6H5N3S/c25-13-17-1-5-19(6-2-17)21-16-31-22-14-26-24(28-23(21)22)27-20-7-3-18(4-8-20)15-29-9-11-30-12-10-29;7-6-8-3-5-4(9-6)1-2-10-5/h1-8,14,16H,9-13,15,25H2,(H,26,27,28);1-3H,(H2,7,8,9). The SMILES string of the molecule is NCc1ccc(-c2csc3cnc(Nc4ccc(CN5CCOCC5)cc4)nc23)cc1.Nc1ncc2sccc2n1. The van der Waals surface area contributed by atoms with E-state index < -0.39 is 0 Å². The Morgan fingerprint density at radius 1 is 0.854 bits per heavy atom. The van der Waals surface area contributed by atoms with Gasteiger partial charge in [0.05, 0.1) is 46.0 Å². The van der Waals surface area contributed by atoms with E-state index in [2.05, 4.69) is 79.1 Å². The van der Waals surface area contributed by atoms with Crippen LogP contribution in [-0.2, 0) is 17.8 Å². The molecule has 1 saturated heterocycles. The van der Waals surface area contributed by atoms with Crippen LogP contribution in [0.4, 0.5) is 17.6 Å². The van der Waals surface area contributed by atoms with E-state index in [0.29, 0.717) is 18.4 Å². The van der Waals surface area contributed by atoms with Crippen LogP contribution in [0.3, 0.4) is 0 Å². The summed E-state index contributed by atoms with van der Waals surface area (Å²) >= 11 is 3.28. The molecule has 0 amide bonds. The largest absolute Gasteiger partial charge is 0.379 e. The highest BCUT2D eigenvalue weighted by Crippen LogP contribution is 2.33. The van der Waals surface area contributed by atoms with Gasteiger partial charge in [0, 0.05) is 42.8 Å². The second kappa shape index (κ2) is 12.7. The minimum Gasteiger partial charge on any atom is -0.379 e. The molecule has 5 heterocycles. The Hall–Kier alpha value is -4.00. The third-order valence-electron chi connectivity index (χ3n) is 6.76. The summed E-state index contributed by atoms with van der Waals surface area (Å²) in [5.74, 6) is 0.942. The van der Waals surface area contributed by atoms with Gasteiger partial charge in [-0.25, -0.2) is 19.9 Å². The van der Waals surface area contributed by atoms with E-state index in [1.165, 1.54) is 5.56 Å². The zero-order valence-corrected chi connectivity index (χ0v) is 24.0. The van der Waals surface area contributed by atoms with Gasteiger partial charge >= 0.3 is 0 Å². The fourth-order valence-electron chi connectivity index (χ4n) is 4.53. The molecule has 9 nitrogen and oxygen atoms in total. The molecule has 1 fully saturated rings. The van der Waals surface area contributed by atoms with Gasteiger partial charge in [0.25, 0.3) is 0 Å². The molecule has 1 aliphatic rings. The van der Waals surface area contributed by atoms with Gasteiger partial charge < -0.3 is 21.5 Å². The molecule has 0 bridgehead atoms. The van der Waals surface area contributed by atoms with Gasteiger partial charge in [0.1, 0.15) is 0 Å². The van der Waals surface area contributed by atoms with Gasteiger partial charge in [0.15, 0.2) is 0 Å². The zero-order valence-electron chi connectivity index (χ0n) is 22.4. The molecule has 0 spiro atoms. The van der Waals surface area contributed by atoms with E-state index in [4.69, 9.17) is 21.2 Å². The molecule has 1 aliphatic heterocycles. The molecule has 0 saturated carbocycles. The number of anilines is 3. The lowest BCUT2D eigenvalue weighted by Crippen LogP contribution is -2.35. The van der Waals surface area contributed by atoms with E-state index in [0.717, 1.165) is 75.7 Å². The molecule has 5 N–H and O–H groups in total. The van der Waals surface area contributed by atoms with Crippen molar-refractivity contribution in [2.75, 3.05) is 37.4 Å². The Bertz CT molecular complexity index is 1730. The molecule has 0 radical (unpaired) electrons. The van der Waals surface area contributed by atoms with Crippen LogP contribution in [0.15, 0.2) is 77.8 Å². The zero-order chi connectivity index (χ0) is 28.0. The van der Waals surface area contributed by atoms with Crippen LogP contribution in [0.2, 0.25) is 0 Å². The molecule has 7 rings (SSSR count). The van der Waals surface area contributed by atoms with Crippen LogP contribution in [-0.4, -0.2) is 51.1 Å². The molecule has 0 unspecified atom stereocenters. The number of thiophene rings is 2. The average molecular weight is 583 g/mol. The Kier molecular flexibility index (Phi) is 8.40. The van der Waals surface area contributed by atoms with Crippen molar-refractivity contribution in [3.8, 4) is 11.1 Å². The fraction of sp³-hybridized carbons (Fsp3) is 0.200. The molecular formula is C30H30N8OS2. The number of benzene rings is 2. The minimum absolute atomic E-state index is 0.339. The van der Waals surface area contributed by atoms with E-state index >= 15 is 0 Å². The van der Waals surface area contributed by atoms with Crippen molar-refractivity contribution in [1.82, 2.24) is 24.8 Å². The molecule has 2 aromatic carbocycles. The van der Waals surface area contributed by atoms with Gasteiger partial charge in [0.2, 0.25) is 11.9 Å². The first-order valence-corrected chi connectivity index (χ1v) is 15.1. The molecular weight excluding hydrogens is 553 g/mol. The van der Waals surface area contributed by atoms with Crippen molar-refractivity contribution in [3.05, 3.63) is 88.9 Å². The van der Waals surface area contributed by atoms with Crippen molar-refractivity contribution in [3.63, 3.8) is 0 Å². The third kappa shape index (κ3) is 6.67. The molecule has 208 valence electrons. The number of nitrogen functional groups attached to an aromatic ring is 1. The number of nitrogens with one attached hydrogen (secondary N) is 1. The van der Waals surface area contributed by atoms with E-state index in [-0.39, 0.29) is 0 Å². The summed E-state index contributed by atoms with van der Waals surface area (Å²) in [4.78, 5) is 19.6. The molecule has 41 heavy (non-hydrogen) atoms. The highest BCUT2D eigenvalue weighted by atomic mass is 32.1. The fourth-order valence-corrected chi connectivity index (χ4v) is 6.10. The van der Waals surface area contributed by atoms with Crippen molar-refractivity contribution in [1.29, 1.82) is 0 Å². The van der Waals surface area contributed by atoms with Gasteiger partial charge in [-0.1, -0.05) is 36.4 Å². The second-order valence-corrected chi connectivity index (χ2v) is 11.4. The van der Waals surface area contributed by atoms with Crippen LogP contribution < -0.4 is 16.8 Å². The summed E-state index contributed by atoms with van der Waals surface area (Å²) in [6, 6.07) is 18.8. The highest BCUT2D eigenvalue weighted by Gasteiger charge is 2.12. The molecule has 6 aromatic rings. The summed E-state index contributed by atoms with van der Waals surface area (Å²) in [6.45, 7) is 5.12. The smallest absolute Gasteiger partial charge is 0.227 e. The monoisotopic (exact) mass is 582 g/mol. The minimum atomic E-state index is 0.339. The lowest BCUT2D eigenvalue weighted by molar-refractivity contribution is 0.0342. The number of ether oxygens (including phenoxy) is 1. The highest BCUT2D eigenvalue weighted by molar-refractivity contribution is 7.17. The van der Waals surface area contributed by atoms with Crippen LogP contribution in [0.25, 0.3) is 31.6 Å². The number of morpholine rings is 1. The molecule has 0 atom stereocenters. The van der Waals surface area contributed by atoms with Crippen LogP contribution in [0, 0.1) is 0 Å². The summed E-state index contributed by atoms with van der Waals surface area (Å²) in [5.41, 5.74) is 18.6. The topological polar surface area (TPSA) is 128 Å². The third-order valence-corrected chi connectivity index (χ3v) is 8.50. The van der Waals surface area contributed by atoms with Gasteiger partial charge in [-0.2, -0.15) is 0 Å². The lowest BCUT2D eigenvalue weighted by Gasteiger charge is -2.26. The second-order valence-electron chi connectivity index (χ2n) is 9.57. The van der Waals surface area contributed by atoms with Gasteiger partial charge in [-0.05, 0) is 40.3 Å². The van der Waals surface area contributed by atoms with Crippen molar-refractivity contribution in [2.24, 2.45) is 5.73 Å². The summed E-state index contributed by atoms with van der Waals surface area (Å²) in [6.07, 6.45) is 3.63. The average Bonchev–Trinajstić information content (AvgIpc) is 3.66. The van der Waals surface area contributed by atoms with Crippen LogP contribution in [0.5, 0.6) is 0 Å². The molecule has 0 aliphatic carbocycles. The number of hydrogen-bond donors (Lipinski definition) is 3. The number of hydrogen-bond acceptors (Lipinski definition) is 11. The maximum absolute atomic E-state index is 5.72. The number of nitrogens with zero attached hydrogens (tertiary/aromatic N) is 5. The van der Waals surface area contributed by atoms with Crippen LogP contribution >= 0.6 is 22.7 Å². The first-order valence-electron chi connectivity index (χ1n) is 13.3. The number of nitrogens with two attached hydrogens (primary N) is 2. The normalized spacial score (nSPS) is 13.7. The molecule has 4 aromatic heterocycles. The maximum Gasteiger partial charge on any atom is 0.227 e. The van der Waals surface area contributed by atoms with Crippen molar-refractivity contribution >= 4 is 60.7 Å². The molecule has 11 heteroatoms. The number of rotatable bonds is 6. The lowest BCUT2D eigenvalue weighted by atomic mass is 10.1. The van der Waals surface area contributed by atoms with E-state index in [1.807, 2.05) is 17.6 Å². The summed E-state index contributed by atoms with van der Waals surface area (Å²) < 4.78 is 7.58. The summed E-state index contributed by atoms with van der Waals surface area (Å²) in [5, 5.41) is 7.46. The van der Waals surface area contributed by atoms with Gasteiger partial charge in [-0.15, -0.1) is 22.7 Å². The Morgan fingerprint density at radius 2 is 1.61 bits per heavy atom. The number of fused-ring (bicyclic) bond motifs is 2. The quantitative estimate of drug-likeness (QED) is 0.228. The Labute approximate surface area is 245 Å². The van der Waals surface area contributed by atoms with Crippen LogP contribution in [0.1, 0.15) is 11.1 Å². The van der Waals surface area contributed by atoms with Gasteiger partial charge in [-0.3, -0.25) is 4.90 Å². The predicted octanol–water partition coefficient (Wildman–Crippen LogP) is 5.67. The number of aromatic nitrogens is 4. The van der Waals surface area contributed by atoms with Crippen molar-refractivity contribution in [2.45, 2.75) is 13.1 Å². The Balaban J connectivity index is 0.000000253. The van der Waals surface area contributed by atoms with E-state index in [9.17, 15) is 0 Å². The predicted molar refractivity (Wildman–Crippen MR) is 168 cm³/mol. The maximum atomic E-state index is 5.72. The Morgan fingerprint density at radius 3 is 2.39 bits per heavy atom. The first-order chi connectivity index (χ1) is 20.1. The first kappa shape index (κ1) is 27.2.